The van der Waals surface area contributed by atoms with Crippen LogP contribution in [0.25, 0.3) is 110 Å². The first kappa shape index (κ1) is 37.8. The van der Waals surface area contributed by atoms with Crippen molar-refractivity contribution in [2.24, 2.45) is 0 Å². The average molecular weight is 840 g/mol. The van der Waals surface area contributed by atoms with Crippen LogP contribution in [0, 0.1) is 0 Å². The predicted octanol–water partition coefficient (Wildman–Crippen LogP) is 18.3. The van der Waals surface area contributed by atoms with Crippen molar-refractivity contribution >= 4 is 81.9 Å². The van der Waals surface area contributed by atoms with E-state index in [9.17, 15) is 0 Å². The fraction of sp³-hybridized carbons (Fsp3) is 0. The number of fused-ring (bicyclic) bond motifs is 10. The maximum atomic E-state index is 7.04. The molecule has 1 heterocycles. The summed E-state index contributed by atoms with van der Waals surface area (Å²) in [5.41, 5.74) is 12.3. The van der Waals surface area contributed by atoms with E-state index >= 15 is 0 Å². The van der Waals surface area contributed by atoms with Gasteiger partial charge in [0.05, 0.1) is 5.69 Å². The Morgan fingerprint density at radius 2 is 0.818 bits per heavy atom. The van der Waals surface area contributed by atoms with Crippen LogP contribution in [0.3, 0.4) is 0 Å². The Balaban J connectivity index is 0.960. The predicted molar refractivity (Wildman–Crippen MR) is 280 cm³/mol. The lowest BCUT2D eigenvalue weighted by Gasteiger charge is -2.28. The summed E-state index contributed by atoms with van der Waals surface area (Å²) in [7, 11) is 0. The molecule has 0 spiro atoms. The molecule has 0 atom stereocenters. The molecule has 0 amide bonds. The SMILES string of the molecule is c1ccc(-c2oc3c4ccc(-c5ccc(N(c6ccc(-c7cccc8ccccc78)cc6)c6cc7ccccc7c7ccccc67)cc5)cc4c4ccccc4c3c2-c2ccccc2)cc1. The first-order valence-electron chi connectivity index (χ1n) is 22.7. The van der Waals surface area contributed by atoms with Crippen molar-refractivity contribution in [3.8, 4) is 44.7 Å². The third-order valence-corrected chi connectivity index (χ3v) is 13.4. The largest absolute Gasteiger partial charge is 0.455 e. The van der Waals surface area contributed by atoms with Gasteiger partial charge in [-0.1, -0.05) is 206 Å². The van der Waals surface area contributed by atoms with Gasteiger partial charge in [0.1, 0.15) is 11.3 Å². The molecule has 0 saturated heterocycles. The number of hydrogen-bond donors (Lipinski definition) is 0. The van der Waals surface area contributed by atoms with E-state index in [1.807, 2.05) is 0 Å². The summed E-state index contributed by atoms with van der Waals surface area (Å²) < 4.78 is 7.04. The molecule has 1 aromatic heterocycles. The Labute approximate surface area is 382 Å². The summed E-state index contributed by atoms with van der Waals surface area (Å²) in [4.78, 5) is 2.42. The molecule has 12 aromatic carbocycles. The van der Waals surface area contributed by atoms with Crippen molar-refractivity contribution in [2.45, 2.75) is 0 Å². The number of hydrogen-bond acceptors (Lipinski definition) is 2. The quantitative estimate of drug-likeness (QED) is 0.149. The van der Waals surface area contributed by atoms with Crippen LogP contribution < -0.4 is 4.90 Å². The van der Waals surface area contributed by atoms with E-state index in [0.717, 1.165) is 67.0 Å². The lowest BCUT2D eigenvalue weighted by molar-refractivity contribution is 0.636. The molecule has 0 aliphatic rings. The third-order valence-electron chi connectivity index (χ3n) is 13.4. The lowest BCUT2D eigenvalue weighted by atomic mass is 9.91. The highest BCUT2D eigenvalue weighted by molar-refractivity contribution is 6.29. The topological polar surface area (TPSA) is 16.4 Å². The minimum atomic E-state index is 0.890. The highest BCUT2D eigenvalue weighted by Gasteiger charge is 2.23. The van der Waals surface area contributed by atoms with Gasteiger partial charge in [-0.05, 0) is 113 Å². The second kappa shape index (κ2) is 15.5. The monoisotopic (exact) mass is 839 g/mol. The molecule has 0 N–H and O–H groups in total. The zero-order valence-corrected chi connectivity index (χ0v) is 36.0. The first-order chi connectivity index (χ1) is 32.7. The Kier molecular flexibility index (Phi) is 8.89. The van der Waals surface area contributed by atoms with Crippen LogP contribution in [-0.2, 0) is 0 Å². The molecule has 0 unspecified atom stereocenters. The van der Waals surface area contributed by atoms with Gasteiger partial charge in [-0.2, -0.15) is 0 Å². The number of nitrogens with zero attached hydrogens (tertiary/aromatic N) is 1. The molecule has 13 rings (SSSR count). The molecule has 66 heavy (non-hydrogen) atoms. The minimum absolute atomic E-state index is 0.890. The molecule has 0 aliphatic heterocycles. The summed E-state index contributed by atoms with van der Waals surface area (Å²) in [6.07, 6.45) is 0. The van der Waals surface area contributed by atoms with Crippen LogP contribution in [-0.4, -0.2) is 0 Å². The highest BCUT2D eigenvalue weighted by Crippen LogP contribution is 2.48. The van der Waals surface area contributed by atoms with Gasteiger partial charge in [-0.25, -0.2) is 0 Å². The molecule has 2 heteroatoms. The van der Waals surface area contributed by atoms with E-state index < -0.39 is 0 Å². The van der Waals surface area contributed by atoms with Crippen LogP contribution >= 0.6 is 0 Å². The standard InChI is InChI=1S/C64H41NO/c1-3-17-45(18-4-1)61-62-57-28-14-12-26-55(57)59-40-47(34-39-58(59)64(62)66-63(61)46-19-5-2-6-20-46)42-30-35-49(36-31-42)65(60-41-48-21-8-10-24-53(48)54-25-11-13-27-56(54)60)50-37-32-44(33-38-50)52-29-15-22-43-16-7-9-23-51(43)52/h1-41H. The van der Waals surface area contributed by atoms with Gasteiger partial charge in [0.15, 0.2) is 0 Å². The highest BCUT2D eigenvalue weighted by atomic mass is 16.3. The molecule has 0 aliphatic carbocycles. The fourth-order valence-corrected chi connectivity index (χ4v) is 10.3. The van der Waals surface area contributed by atoms with Gasteiger partial charge in [0.2, 0.25) is 0 Å². The number of anilines is 3. The summed E-state index contributed by atoms with van der Waals surface area (Å²) in [6.45, 7) is 0. The van der Waals surface area contributed by atoms with E-state index in [1.54, 1.807) is 0 Å². The van der Waals surface area contributed by atoms with Crippen molar-refractivity contribution in [2.75, 3.05) is 4.90 Å². The Morgan fingerprint density at radius 3 is 1.53 bits per heavy atom. The minimum Gasteiger partial charge on any atom is -0.455 e. The molecular formula is C64H41NO. The second-order valence-electron chi connectivity index (χ2n) is 17.2. The van der Waals surface area contributed by atoms with Crippen molar-refractivity contribution in [3.05, 3.63) is 249 Å². The molecule has 0 radical (unpaired) electrons. The summed E-state index contributed by atoms with van der Waals surface area (Å²) in [5, 5.41) is 13.2. The number of rotatable bonds is 7. The van der Waals surface area contributed by atoms with E-state index in [4.69, 9.17) is 4.42 Å². The van der Waals surface area contributed by atoms with Crippen molar-refractivity contribution in [1.82, 2.24) is 0 Å². The molecule has 308 valence electrons. The van der Waals surface area contributed by atoms with E-state index in [2.05, 4.69) is 254 Å². The average Bonchev–Trinajstić information content (AvgIpc) is 3.81. The van der Waals surface area contributed by atoms with Gasteiger partial charge in [-0.15, -0.1) is 0 Å². The van der Waals surface area contributed by atoms with Crippen molar-refractivity contribution in [3.63, 3.8) is 0 Å². The molecule has 0 bridgehead atoms. The zero-order chi connectivity index (χ0) is 43.6. The van der Waals surface area contributed by atoms with Gasteiger partial charge in [-0.3, -0.25) is 0 Å². The van der Waals surface area contributed by atoms with E-state index in [-0.39, 0.29) is 0 Å². The van der Waals surface area contributed by atoms with Gasteiger partial charge >= 0.3 is 0 Å². The van der Waals surface area contributed by atoms with Crippen LogP contribution in [0.4, 0.5) is 17.1 Å². The van der Waals surface area contributed by atoms with Crippen LogP contribution in [0.15, 0.2) is 253 Å². The summed E-state index contributed by atoms with van der Waals surface area (Å²) in [5.74, 6) is 0.890. The second-order valence-corrected chi connectivity index (χ2v) is 17.2. The Morgan fingerprint density at radius 1 is 0.288 bits per heavy atom. The number of furan rings is 1. The smallest absolute Gasteiger partial charge is 0.143 e. The molecule has 0 fully saturated rings. The normalized spacial score (nSPS) is 11.6. The lowest BCUT2D eigenvalue weighted by Crippen LogP contribution is -2.10. The zero-order valence-electron chi connectivity index (χ0n) is 36.0. The van der Waals surface area contributed by atoms with E-state index in [1.165, 1.54) is 59.6 Å². The van der Waals surface area contributed by atoms with Crippen molar-refractivity contribution < 1.29 is 4.42 Å². The van der Waals surface area contributed by atoms with Crippen LogP contribution in [0.1, 0.15) is 0 Å². The molecule has 0 saturated carbocycles. The summed E-state index contributed by atoms with van der Waals surface area (Å²) in [6, 6.07) is 90.0. The molecular weight excluding hydrogens is 799 g/mol. The Bertz CT molecular complexity index is 3960. The fourth-order valence-electron chi connectivity index (χ4n) is 10.3. The maximum Gasteiger partial charge on any atom is 0.143 e. The molecule has 2 nitrogen and oxygen atoms in total. The van der Waals surface area contributed by atoms with Crippen LogP contribution in [0.5, 0.6) is 0 Å². The van der Waals surface area contributed by atoms with E-state index in [0.29, 0.717) is 0 Å². The third kappa shape index (κ3) is 6.18. The maximum absolute atomic E-state index is 7.04. The number of benzene rings is 12. The van der Waals surface area contributed by atoms with Crippen LogP contribution in [0.2, 0.25) is 0 Å². The van der Waals surface area contributed by atoms with Gasteiger partial charge in [0.25, 0.3) is 0 Å². The first-order valence-corrected chi connectivity index (χ1v) is 22.7. The Hall–Kier alpha value is -8.72. The van der Waals surface area contributed by atoms with Crippen molar-refractivity contribution in [1.29, 1.82) is 0 Å². The van der Waals surface area contributed by atoms with Gasteiger partial charge in [0, 0.05) is 38.7 Å². The molecule has 13 aromatic rings. The van der Waals surface area contributed by atoms with Gasteiger partial charge < -0.3 is 9.32 Å². The summed E-state index contributed by atoms with van der Waals surface area (Å²) >= 11 is 0.